The molecule has 0 radical (unpaired) electrons. The topological polar surface area (TPSA) is 3.24 Å². The third-order valence-electron chi connectivity index (χ3n) is 11.6. The molecule has 0 fully saturated rings. The zero-order valence-electron chi connectivity index (χ0n) is 31.3. The fourth-order valence-electron chi connectivity index (χ4n) is 8.92. The molecule has 0 saturated carbocycles. The molecule has 0 N–H and O–H groups in total. The van der Waals surface area contributed by atoms with E-state index in [1.165, 1.54) is 87.2 Å². The molecule has 266 valence electrons. The Kier molecular flexibility index (Phi) is 7.89. The van der Waals surface area contributed by atoms with E-state index < -0.39 is 0 Å². The molecule has 0 unspecified atom stereocenters. The van der Waals surface area contributed by atoms with Crippen molar-refractivity contribution in [2.45, 2.75) is 0 Å². The van der Waals surface area contributed by atoms with Crippen molar-refractivity contribution in [3.63, 3.8) is 0 Å². The molecular weight excluding hydrogens is 687 g/mol. The Morgan fingerprint density at radius 1 is 0.211 bits per heavy atom. The molecule has 0 saturated heterocycles. The van der Waals surface area contributed by atoms with Crippen LogP contribution in [0.4, 0.5) is 17.1 Å². The van der Waals surface area contributed by atoms with Crippen molar-refractivity contribution in [1.82, 2.24) is 0 Å². The maximum Gasteiger partial charge on any atom is 0.0467 e. The highest BCUT2D eigenvalue weighted by molar-refractivity contribution is 6.21. The van der Waals surface area contributed by atoms with Gasteiger partial charge in [-0.25, -0.2) is 0 Å². The number of hydrogen-bond donors (Lipinski definition) is 0. The highest BCUT2D eigenvalue weighted by atomic mass is 15.1. The Bertz CT molecular complexity index is 3170. The van der Waals surface area contributed by atoms with Gasteiger partial charge < -0.3 is 4.90 Å². The van der Waals surface area contributed by atoms with E-state index in [1.54, 1.807) is 0 Å². The largest absolute Gasteiger partial charge is 0.310 e. The van der Waals surface area contributed by atoms with Crippen molar-refractivity contribution in [2.75, 3.05) is 4.90 Å². The Labute approximate surface area is 332 Å². The molecule has 0 heterocycles. The van der Waals surface area contributed by atoms with Crippen LogP contribution in [0, 0.1) is 0 Å². The first kappa shape index (κ1) is 32.9. The predicted molar refractivity (Wildman–Crippen MR) is 245 cm³/mol. The summed E-state index contributed by atoms with van der Waals surface area (Å²) in [5.74, 6) is 0. The second kappa shape index (κ2) is 13.7. The molecule has 0 aliphatic rings. The van der Waals surface area contributed by atoms with E-state index in [2.05, 4.69) is 229 Å². The third kappa shape index (κ3) is 5.72. The van der Waals surface area contributed by atoms with Gasteiger partial charge in [0.2, 0.25) is 0 Å². The number of anilines is 3. The number of hydrogen-bond acceptors (Lipinski definition) is 1. The molecule has 0 aromatic heterocycles. The molecule has 0 aliphatic heterocycles. The Morgan fingerprint density at radius 2 is 0.667 bits per heavy atom. The van der Waals surface area contributed by atoms with Crippen LogP contribution >= 0.6 is 0 Å². The van der Waals surface area contributed by atoms with Crippen molar-refractivity contribution in [2.24, 2.45) is 0 Å². The van der Waals surface area contributed by atoms with E-state index >= 15 is 0 Å². The minimum Gasteiger partial charge on any atom is -0.310 e. The van der Waals surface area contributed by atoms with Gasteiger partial charge in [0.15, 0.2) is 0 Å². The van der Waals surface area contributed by atoms with Crippen LogP contribution in [0.3, 0.4) is 0 Å². The van der Waals surface area contributed by atoms with Crippen LogP contribution in [0.5, 0.6) is 0 Å². The summed E-state index contributed by atoms with van der Waals surface area (Å²) in [6, 6.07) is 82.1. The van der Waals surface area contributed by atoms with Gasteiger partial charge in [-0.15, -0.1) is 0 Å². The summed E-state index contributed by atoms with van der Waals surface area (Å²) in [4.78, 5) is 2.40. The van der Waals surface area contributed by atoms with Crippen LogP contribution in [0.2, 0.25) is 0 Å². The van der Waals surface area contributed by atoms with E-state index in [4.69, 9.17) is 0 Å². The molecule has 1 nitrogen and oxygen atoms in total. The van der Waals surface area contributed by atoms with Gasteiger partial charge in [0, 0.05) is 17.1 Å². The van der Waals surface area contributed by atoms with Crippen molar-refractivity contribution >= 4 is 70.9 Å². The standard InChI is InChI=1S/C56H37N/c1-4-22-47-38(13-1)16-11-27-50(47)42-18-9-20-45(35-42)57(46-21-10-19-43(36-46)51-28-12-17-39-14-2-5-23-48(39)51)44-32-29-41(30-33-44)55-37-56-49-24-6-3-15-40(49)31-34-54(56)52-25-7-8-26-53(52)55/h1-37H. The summed E-state index contributed by atoms with van der Waals surface area (Å²) < 4.78 is 0. The highest BCUT2D eigenvalue weighted by Gasteiger charge is 2.17. The molecule has 0 aliphatic carbocycles. The lowest BCUT2D eigenvalue weighted by Gasteiger charge is -2.27. The zero-order chi connectivity index (χ0) is 37.7. The van der Waals surface area contributed by atoms with Gasteiger partial charge in [-0.2, -0.15) is 0 Å². The normalized spacial score (nSPS) is 11.5. The fraction of sp³-hybridized carbons (Fsp3) is 0. The van der Waals surface area contributed by atoms with E-state index in [0.29, 0.717) is 0 Å². The van der Waals surface area contributed by atoms with Gasteiger partial charge in [-0.05, 0) is 130 Å². The number of benzene rings is 11. The van der Waals surface area contributed by atoms with E-state index in [1.807, 2.05) is 0 Å². The molecule has 11 aromatic rings. The van der Waals surface area contributed by atoms with Crippen LogP contribution in [-0.4, -0.2) is 0 Å². The first-order valence-corrected chi connectivity index (χ1v) is 19.7. The van der Waals surface area contributed by atoms with Gasteiger partial charge >= 0.3 is 0 Å². The molecule has 1 heteroatoms. The Morgan fingerprint density at radius 3 is 1.26 bits per heavy atom. The SMILES string of the molecule is c1cc(-c2cccc3ccccc23)cc(N(c2ccc(-c3cc4c5ccccc5ccc4c4ccccc34)cc2)c2cccc(-c3cccc4ccccc34)c2)c1. The fourth-order valence-corrected chi connectivity index (χ4v) is 8.92. The molecule has 11 rings (SSSR count). The zero-order valence-corrected chi connectivity index (χ0v) is 31.3. The summed E-state index contributed by atoms with van der Waals surface area (Å²) >= 11 is 0. The minimum atomic E-state index is 1.10. The number of rotatable bonds is 6. The number of fused-ring (bicyclic) bond motifs is 7. The molecule has 0 bridgehead atoms. The van der Waals surface area contributed by atoms with Crippen molar-refractivity contribution in [3.8, 4) is 33.4 Å². The summed E-state index contributed by atoms with van der Waals surface area (Å²) in [5, 5.41) is 12.6. The second-order valence-corrected chi connectivity index (χ2v) is 14.9. The van der Waals surface area contributed by atoms with Gasteiger partial charge in [0.1, 0.15) is 0 Å². The molecule has 11 aromatic carbocycles. The van der Waals surface area contributed by atoms with E-state index in [9.17, 15) is 0 Å². The summed E-state index contributed by atoms with van der Waals surface area (Å²) in [7, 11) is 0. The second-order valence-electron chi connectivity index (χ2n) is 14.9. The van der Waals surface area contributed by atoms with E-state index in [-0.39, 0.29) is 0 Å². The molecular formula is C56H37N. The monoisotopic (exact) mass is 723 g/mol. The van der Waals surface area contributed by atoms with Gasteiger partial charge in [-0.3, -0.25) is 0 Å². The average Bonchev–Trinajstić information content (AvgIpc) is 3.29. The van der Waals surface area contributed by atoms with E-state index in [0.717, 1.165) is 17.1 Å². The predicted octanol–water partition coefficient (Wildman–Crippen LogP) is 15.9. The molecule has 57 heavy (non-hydrogen) atoms. The highest BCUT2D eigenvalue weighted by Crippen LogP contribution is 2.42. The van der Waals surface area contributed by atoms with Gasteiger partial charge in [0.05, 0.1) is 0 Å². The first-order valence-electron chi connectivity index (χ1n) is 19.7. The van der Waals surface area contributed by atoms with Crippen LogP contribution in [0.1, 0.15) is 0 Å². The van der Waals surface area contributed by atoms with Crippen molar-refractivity contribution in [3.05, 3.63) is 224 Å². The quantitative estimate of drug-likeness (QED) is 0.154. The summed E-state index contributed by atoms with van der Waals surface area (Å²) in [6.45, 7) is 0. The minimum absolute atomic E-state index is 1.10. The van der Waals surface area contributed by atoms with Crippen LogP contribution in [0.15, 0.2) is 224 Å². The Hall–Kier alpha value is -7.48. The lowest BCUT2D eigenvalue weighted by Crippen LogP contribution is -2.10. The smallest absolute Gasteiger partial charge is 0.0467 e. The summed E-state index contributed by atoms with van der Waals surface area (Å²) in [5.41, 5.74) is 10.6. The van der Waals surface area contributed by atoms with Gasteiger partial charge in [0.25, 0.3) is 0 Å². The molecule has 0 atom stereocenters. The maximum absolute atomic E-state index is 2.40. The number of nitrogens with zero attached hydrogens (tertiary/aromatic N) is 1. The lowest BCUT2D eigenvalue weighted by molar-refractivity contribution is 1.28. The maximum atomic E-state index is 2.40. The van der Waals surface area contributed by atoms with Crippen LogP contribution in [-0.2, 0) is 0 Å². The third-order valence-corrected chi connectivity index (χ3v) is 11.6. The first-order chi connectivity index (χ1) is 28.3. The van der Waals surface area contributed by atoms with Crippen molar-refractivity contribution < 1.29 is 0 Å². The van der Waals surface area contributed by atoms with Crippen molar-refractivity contribution in [1.29, 1.82) is 0 Å². The van der Waals surface area contributed by atoms with Crippen LogP contribution in [0.25, 0.3) is 87.2 Å². The molecule has 0 spiro atoms. The van der Waals surface area contributed by atoms with Crippen LogP contribution < -0.4 is 4.90 Å². The summed E-state index contributed by atoms with van der Waals surface area (Å²) in [6.07, 6.45) is 0. The molecule has 0 amide bonds. The average molecular weight is 724 g/mol. The Balaban J connectivity index is 1.08. The van der Waals surface area contributed by atoms with Gasteiger partial charge in [-0.1, -0.05) is 182 Å². The lowest BCUT2D eigenvalue weighted by atomic mass is 9.91.